The van der Waals surface area contributed by atoms with Crippen LogP contribution in [0.3, 0.4) is 0 Å². The molecule has 2 rings (SSSR count). The van der Waals surface area contributed by atoms with E-state index in [1.54, 1.807) is 6.07 Å². The Morgan fingerprint density at radius 3 is 2.81 bits per heavy atom. The van der Waals surface area contributed by atoms with Gasteiger partial charge in [0.05, 0.1) is 6.61 Å². The second-order valence-electron chi connectivity index (χ2n) is 4.58. The third kappa shape index (κ3) is 2.53. The lowest BCUT2D eigenvalue weighted by molar-refractivity contribution is 0.179. The van der Waals surface area contributed by atoms with Crippen molar-refractivity contribution in [3.05, 3.63) is 29.6 Å². The van der Waals surface area contributed by atoms with Gasteiger partial charge in [-0.15, -0.1) is 0 Å². The van der Waals surface area contributed by atoms with Crippen molar-refractivity contribution in [3.8, 4) is 5.75 Å². The Hall–Kier alpha value is -1.09. The van der Waals surface area contributed by atoms with Gasteiger partial charge in [-0.3, -0.25) is 0 Å². The van der Waals surface area contributed by atoms with Crippen LogP contribution in [0.15, 0.2) is 18.2 Å². The Kier molecular flexibility index (Phi) is 3.44. The maximum absolute atomic E-state index is 13.1. The molecule has 0 saturated heterocycles. The highest BCUT2D eigenvalue weighted by Crippen LogP contribution is 2.29. The number of ether oxygens (including phenoxy) is 1. The van der Waals surface area contributed by atoms with Gasteiger partial charge in [0.1, 0.15) is 11.6 Å². The van der Waals surface area contributed by atoms with Crippen molar-refractivity contribution in [1.29, 1.82) is 0 Å². The molecule has 88 valence electrons. The lowest BCUT2D eigenvalue weighted by Gasteiger charge is -2.26. The molecule has 1 fully saturated rings. The van der Waals surface area contributed by atoms with Crippen molar-refractivity contribution in [2.45, 2.75) is 32.2 Å². The van der Waals surface area contributed by atoms with Crippen molar-refractivity contribution in [2.24, 2.45) is 11.7 Å². The maximum Gasteiger partial charge on any atom is 0.124 e. The van der Waals surface area contributed by atoms with Gasteiger partial charge in [-0.2, -0.15) is 0 Å². The summed E-state index contributed by atoms with van der Waals surface area (Å²) in [5, 5.41) is 0. The molecule has 0 aliphatic heterocycles. The van der Waals surface area contributed by atoms with E-state index in [0.29, 0.717) is 5.92 Å². The first-order valence-corrected chi connectivity index (χ1v) is 5.84. The predicted molar refractivity (Wildman–Crippen MR) is 61.8 cm³/mol. The molecule has 1 aromatic rings. The molecular weight excluding hydrogens is 205 g/mol. The minimum absolute atomic E-state index is 0.202. The summed E-state index contributed by atoms with van der Waals surface area (Å²) >= 11 is 0. The molecule has 1 aliphatic carbocycles. The molecule has 0 bridgehead atoms. The molecule has 0 aromatic heterocycles. The standard InChI is InChI=1S/C13H18FNO/c1-9(15)12-7-11(14)5-6-13(12)16-8-10-3-2-4-10/h5-7,9-10H,2-4,8,15H2,1H3/t9-/m1/s1. The molecule has 2 nitrogen and oxygen atoms in total. The van der Waals surface area contributed by atoms with E-state index in [2.05, 4.69) is 0 Å². The van der Waals surface area contributed by atoms with E-state index < -0.39 is 0 Å². The average Bonchev–Trinajstić information content (AvgIpc) is 2.17. The number of rotatable bonds is 4. The van der Waals surface area contributed by atoms with E-state index in [1.807, 2.05) is 6.92 Å². The van der Waals surface area contributed by atoms with Crippen molar-refractivity contribution in [3.63, 3.8) is 0 Å². The fraction of sp³-hybridized carbons (Fsp3) is 0.538. The van der Waals surface area contributed by atoms with Crippen LogP contribution in [0.5, 0.6) is 5.75 Å². The largest absolute Gasteiger partial charge is 0.493 e. The molecule has 1 aliphatic rings. The molecule has 1 aromatic carbocycles. The fourth-order valence-electron chi connectivity index (χ4n) is 1.87. The molecule has 0 amide bonds. The number of nitrogens with two attached hydrogens (primary N) is 1. The van der Waals surface area contributed by atoms with E-state index in [1.165, 1.54) is 31.4 Å². The van der Waals surface area contributed by atoms with Crippen molar-refractivity contribution < 1.29 is 9.13 Å². The van der Waals surface area contributed by atoms with Crippen molar-refractivity contribution in [1.82, 2.24) is 0 Å². The summed E-state index contributed by atoms with van der Waals surface area (Å²) in [7, 11) is 0. The van der Waals surface area contributed by atoms with Crippen LogP contribution >= 0.6 is 0 Å². The van der Waals surface area contributed by atoms with E-state index in [0.717, 1.165) is 17.9 Å². The van der Waals surface area contributed by atoms with Gasteiger partial charge in [-0.1, -0.05) is 6.42 Å². The molecule has 1 saturated carbocycles. The highest BCUT2D eigenvalue weighted by atomic mass is 19.1. The highest BCUT2D eigenvalue weighted by Gasteiger charge is 2.19. The first-order chi connectivity index (χ1) is 7.66. The van der Waals surface area contributed by atoms with Gasteiger partial charge in [-0.05, 0) is 43.9 Å². The van der Waals surface area contributed by atoms with Crippen LogP contribution in [-0.2, 0) is 0 Å². The predicted octanol–water partition coefficient (Wildman–Crippen LogP) is 3.02. The summed E-state index contributed by atoms with van der Waals surface area (Å²) in [6.45, 7) is 2.57. The summed E-state index contributed by atoms with van der Waals surface area (Å²) in [5.74, 6) is 1.14. The quantitative estimate of drug-likeness (QED) is 0.851. The Morgan fingerprint density at radius 2 is 2.25 bits per heavy atom. The number of halogens is 1. The zero-order chi connectivity index (χ0) is 11.5. The third-order valence-corrected chi connectivity index (χ3v) is 3.16. The fourth-order valence-corrected chi connectivity index (χ4v) is 1.87. The van der Waals surface area contributed by atoms with Crippen molar-refractivity contribution in [2.75, 3.05) is 6.61 Å². The van der Waals surface area contributed by atoms with E-state index in [9.17, 15) is 4.39 Å². The van der Waals surface area contributed by atoms with Crippen LogP contribution in [0.1, 0.15) is 37.8 Å². The maximum atomic E-state index is 13.1. The second kappa shape index (κ2) is 4.83. The van der Waals surface area contributed by atoms with Gasteiger partial charge in [0.25, 0.3) is 0 Å². The lowest BCUT2D eigenvalue weighted by atomic mass is 9.86. The first-order valence-electron chi connectivity index (χ1n) is 5.84. The molecule has 16 heavy (non-hydrogen) atoms. The molecule has 0 radical (unpaired) electrons. The van der Waals surface area contributed by atoms with Crippen LogP contribution in [-0.4, -0.2) is 6.61 Å². The topological polar surface area (TPSA) is 35.2 Å². The number of benzene rings is 1. The van der Waals surface area contributed by atoms with E-state index in [-0.39, 0.29) is 11.9 Å². The Morgan fingerprint density at radius 1 is 1.50 bits per heavy atom. The number of hydrogen-bond donors (Lipinski definition) is 1. The minimum atomic E-state index is -0.261. The second-order valence-corrected chi connectivity index (χ2v) is 4.58. The first kappa shape index (κ1) is 11.4. The molecule has 2 N–H and O–H groups in total. The van der Waals surface area contributed by atoms with Crippen LogP contribution in [0.2, 0.25) is 0 Å². The van der Waals surface area contributed by atoms with Gasteiger partial charge in [-0.25, -0.2) is 4.39 Å². The Bertz CT molecular complexity index is 361. The van der Waals surface area contributed by atoms with E-state index in [4.69, 9.17) is 10.5 Å². The summed E-state index contributed by atoms with van der Waals surface area (Å²) in [5.41, 5.74) is 6.54. The summed E-state index contributed by atoms with van der Waals surface area (Å²) in [6.07, 6.45) is 3.79. The van der Waals surface area contributed by atoms with Gasteiger partial charge < -0.3 is 10.5 Å². The zero-order valence-electron chi connectivity index (χ0n) is 9.58. The Balaban J connectivity index is 2.05. The van der Waals surface area contributed by atoms with Gasteiger partial charge in [0.2, 0.25) is 0 Å². The average molecular weight is 223 g/mol. The van der Waals surface area contributed by atoms with Crippen LogP contribution in [0, 0.1) is 11.7 Å². The molecular formula is C13H18FNO. The van der Waals surface area contributed by atoms with E-state index >= 15 is 0 Å². The van der Waals surface area contributed by atoms with Crippen LogP contribution in [0.25, 0.3) is 0 Å². The molecule has 0 spiro atoms. The lowest BCUT2D eigenvalue weighted by Crippen LogP contribution is -2.20. The molecule has 1 atom stereocenters. The molecule has 3 heteroatoms. The summed E-state index contributed by atoms with van der Waals surface area (Å²) in [4.78, 5) is 0. The Labute approximate surface area is 95.6 Å². The summed E-state index contributed by atoms with van der Waals surface area (Å²) in [6, 6.07) is 4.35. The van der Waals surface area contributed by atoms with Crippen molar-refractivity contribution >= 4 is 0 Å². The van der Waals surface area contributed by atoms with Gasteiger partial charge in [0.15, 0.2) is 0 Å². The highest BCUT2D eigenvalue weighted by molar-refractivity contribution is 5.36. The zero-order valence-corrected chi connectivity index (χ0v) is 9.58. The smallest absolute Gasteiger partial charge is 0.124 e. The molecule has 0 heterocycles. The summed E-state index contributed by atoms with van der Waals surface area (Å²) < 4.78 is 18.8. The SMILES string of the molecule is C[C@@H](N)c1cc(F)ccc1OCC1CCC1. The number of hydrogen-bond acceptors (Lipinski definition) is 2. The minimum Gasteiger partial charge on any atom is -0.493 e. The van der Waals surface area contributed by atoms with Crippen LogP contribution < -0.4 is 10.5 Å². The molecule has 0 unspecified atom stereocenters. The monoisotopic (exact) mass is 223 g/mol. The van der Waals surface area contributed by atoms with Crippen LogP contribution in [0.4, 0.5) is 4.39 Å². The van der Waals surface area contributed by atoms with Gasteiger partial charge in [0, 0.05) is 11.6 Å². The third-order valence-electron chi connectivity index (χ3n) is 3.16. The normalized spacial score (nSPS) is 17.9. The van der Waals surface area contributed by atoms with Gasteiger partial charge >= 0.3 is 0 Å².